The van der Waals surface area contributed by atoms with Gasteiger partial charge in [-0.05, 0) is 94.8 Å². The van der Waals surface area contributed by atoms with E-state index in [1.54, 1.807) is 65.6 Å². The van der Waals surface area contributed by atoms with Crippen molar-refractivity contribution in [2.75, 3.05) is 81.6 Å². The Morgan fingerprint density at radius 3 is 1.17 bits per heavy atom. The largest absolute Gasteiger partial charge is 0.497 e. The summed E-state index contributed by atoms with van der Waals surface area (Å²) in [5.74, 6) is 4.91. The zero-order valence-electron chi connectivity index (χ0n) is 71.5. The summed E-state index contributed by atoms with van der Waals surface area (Å²) in [5.41, 5.74) is 21.6. The van der Waals surface area contributed by atoms with E-state index in [1.165, 1.54) is 40.1 Å². The van der Waals surface area contributed by atoms with Gasteiger partial charge < -0.3 is 78.7 Å². The molecule has 10 aromatic rings. The molecule has 0 saturated heterocycles. The Labute approximate surface area is 732 Å². The first-order chi connectivity index (χ1) is 56.3. The number of nitrogens with one attached hydrogen (secondary N) is 8. The molecule has 0 unspecified atom stereocenters. The van der Waals surface area contributed by atoms with Crippen LogP contribution in [0.15, 0.2) is 86.0 Å². The van der Waals surface area contributed by atoms with Crippen LogP contribution in [0.5, 0.6) is 23.0 Å². The maximum atomic E-state index is 11.6. The van der Waals surface area contributed by atoms with Gasteiger partial charge in [-0.25, -0.2) is 44.9 Å². The molecule has 0 aliphatic rings. The topological polar surface area (TPSA) is 486 Å². The number of carbonyl (C=O) groups excluding carboxylic acids is 4. The zero-order valence-corrected chi connectivity index (χ0v) is 74.6. The molecule has 35 nitrogen and oxygen atoms in total. The lowest BCUT2D eigenvalue weighted by Crippen LogP contribution is -2.47. The van der Waals surface area contributed by atoms with Crippen molar-refractivity contribution in [3.63, 3.8) is 0 Å². The van der Waals surface area contributed by atoms with Gasteiger partial charge in [-0.2, -0.15) is 34.9 Å². The van der Waals surface area contributed by atoms with Gasteiger partial charge in [0.1, 0.15) is 28.5 Å². The molecule has 0 fully saturated rings. The Kier molecular flexibility index (Phi) is 50.1. The Hall–Kier alpha value is -10.7. The fraction of sp³-hybridized carbons (Fsp3) is 0.512. The quantitative estimate of drug-likeness (QED) is 0.0132. The van der Waals surface area contributed by atoms with Crippen LogP contribution >= 0.6 is 47.2 Å². The summed E-state index contributed by atoms with van der Waals surface area (Å²) in [5, 5.41) is 25.3. The number of hydrogen-bond acceptors (Lipinski definition) is 31. The molecule has 4 atom stereocenters. The van der Waals surface area contributed by atoms with Crippen molar-refractivity contribution >= 4 is 145 Å². The minimum Gasteiger partial charge on any atom is -0.497 e. The molecule has 0 aliphatic carbocycles. The highest BCUT2D eigenvalue weighted by Gasteiger charge is 2.30. The molecule has 8 aromatic heterocycles. The zero-order chi connectivity index (χ0) is 87.4. The number of hydrogen-bond donors (Lipinski definition) is 11. The number of carbonyl (C=O) groups is 4. The molecular formula is C82H127Cl4N27O8. The number of nitrogens with zero attached hydrogens (tertiary/aromatic N) is 16. The fourth-order valence-corrected chi connectivity index (χ4v) is 11.6. The molecule has 2 aromatic carbocycles. The average molecular weight is 1760 g/mol. The van der Waals surface area contributed by atoms with E-state index in [0.717, 1.165) is 105 Å². The number of amides is 4. The molecule has 0 saturated carbocycles. The number of fused-ring (bicyclic) bond motifs is 4. The molecule has 39 heteroatoms. The van der Waals surface area contributed by atoms with Gasteiger partial charge in [0.15, 0.2) is 61.7 Å². The van der Waals surface area contributed by atoms with Crippen molar-refractivity contribution in [3.05, 3.63) is 113 Å². The number of nitrogen functional groups attached to an aromatic ring is 1. The van der Waals surface area contributed by atoms with E-state index in [0.29, 0.717) is 113 Å². The van der Waals surface area contributed by atoms with Crippen LogP contribution in [0.1, 0.15) is 200 Å². The van der Waals surface area contributed by atoms with E-state index in [4.69, 9.17) is 75.9 Å². The number of halogens is 4. The Balaban J connectivity index is 0.000000752. The number of nitrogens with two attached hydrogens (primary N) is 3. The highest BCUT2D eigenvalue weighted by molar-refractivity contribution is 6.35. The lowest BCUT2D eigenvalue weighted by Gasteiger charge is -2.32. The monoisotopic (exact) mass is 1760 g/mol. The lowest BCUT2D eigenvalue weighted by atomic mass is 9.94. The highest BCUT2D eigenvalue weighted by atomic mass is 35.5. The van der Waals surface area contributed by atoms with E-state index in [1.807, 2.05) is 71.0 Å². The molecule has 0 bridgehead atoms. The third-order valence-corrected chi connectivity index (χ3v) is 18.0. The van der Waals surface area contributed by atoms with Crippen LogP contribution in [-0.4, -0.2) is 180 Å². The number of rotatable bonds is 34. The van der Waals surface area contributed by atoms with Crippen molar-refractivity contribution < 1.29 is 38.1 Å². The second-order valence-electron chi connectivity index (χ2n) is 28.0. The van der Waals surface area contributed by atoms with Gasteiger partial charge in [0, 0.05) is 145 Å². The molecule has 0 spiro atoms. The molecular weight excluding hydrogens is 1630 g/mol. The van der Waals surface area contributed by atoms with Gasteiger partial charge in [0.2, 0.25) is 46.1 Å². The molecule has 0 aliphatic heterocycles. The van der Waals surface area contributed by atoms with E-state index < -0.39 is 5.54 Å². The SMILES string of the molecule is C.C.CC.CCCC[C@@](C)(N)CNC(C)=O.CCCC[C@](C)(CNC(C)=O)Nc1nc(Cl)nc2nccnc12.CCCC[C@](C)(CNC(C)=O)Nc1nc(N)nc2nccnc12.CCCC[C@](C)(CNC(C)=O)Nc1nc(NCc2ccc(OC)cc2OC)nc2nccnc12.COc1ccc(CN)c(OC)c1.Cl.Clc1nc(Cl)c2nccnc2n1. The second kappa shape index (κ2) is 56.0. The number of benzene rings is 2. The predicted octanol–water partition coefficient (Wildman–Crippen LogP) is 14.3. The first kappa shape index (κ1) is 108. The average Bonchev–Trinajstić information content (AvgIpc) is 0.807. The van der Waals surface area contributed by atoms with E-state index in [2.05, 4.69) is 152 Å². The maximum absolute atomic E-state index is 11.6. The molecule has 14 N–H and O–H groups in total. The van der Waals surface area contributed by atoms with Crippen LogP contribution in [0.4, 0.5) is 29.4 Å². The normalized spacial score (nSPS) is 12.3. The minimum atomic E-state index is -0.420. The lowest BCUT2D eigenvalue weighted by molar-refractivity contribution is -0.120. The molecule has 666 valence electrons. The Bertz CT molecular complexity index is 4660. The van der Waals surface area contributed by atoms with Gasteiger partial charge in [-0.3, -0.25) is 19.2 Å². The van der Waals surface area contributed by atoms with E-state index in [-0.39, 0.29) is 89.2 Å². The second-order valence-corrected chi connectivity index (χ2v) is 29.1. The maximum Gasteiger partial charge on any atom is 0.227 e. The van der Waals surface area contributed by atoms with Gasteiger partial charge in [-0.15, -0.1) is 12.4 Å². The summed E-state index contributed by atoms with van der Waals surface area (Å²) < 4.78 is 20.9. The van der Waals surface area contributed by atoms with Crippen LogP contribution in [0.25, 0.3) is 44.7 Å². The van der Waals surface area contributed by atoms with Crippen molar-refractivity contribution in [1.29, 1.82) is 0 Å². The Morgan fingerprint density at radius 2 is 0.769 bits per heavy atom. The summed E-state index contributed by atoms with van der Waals surface area (Å²) >= 11 is 17.3. The van der Waals surface area contributed by atoms with Gasteiger partial charge >= 0.3 is 0 Å². The van der Waals surface area contributed by atoms with Gasteiger partial charge in [0.25, 0.3) is 0 Å². The number of aromatic nitrogens is 16. The van der Waals surface area contributed by atoms with Crippen LogP contribution in [-0.2, 0) is 32.3 Å². The van der Waals surface area contributed by atoms with Crippen LogP contribution in [0, 0.1) is 0 Å². The summed E-state index contributed by atoms with van der Waals surface area (Å²) in [6.07, 6.45) is 24.6. The fourth-order valence-electron chi connectivity index (χ4n) is 11.0. The minimum absolute atomic E-state index is 0. The third kappa shape index (κ3) is 38.3. The van der Waals surface area contributed by atoms with Crippen molar-refractivity contribution in [2.24, 2.45) is 11.5 Å². The number of anilines is 5. The van der Waals surface area contributed by atoms with E-state index >= 15 is 0 Å². The van der Waals surface area contributed by atoms with Crippen LogP contribution < -0.4 is 78.7 Å². The van der Waals surface area contributed by atoms with Gasteiger partial charge in [0.05, 0.1) is 45.1 Å². The van der Waals surface area contributed by atoms with Gasteiger partial charge in [-0.1, -0.05) is 125 Å². The third-order valence-electron chi connectivity index (χ3n) is 17.4. The first-order valence-corrected chi connectivity index (χ1v) is 40.1. The summed E-state index contributed by atoms with van der Waals surface area (Å²) in [6, 6.07) is 11.2. The number of ether oxygens (including phenoxy) is 4. The smallest absolute Gasteiger partial charge is 0.227 e. The van der Waals surface area contributed by atoms with E-state index in [9.17, 15) is 19.2 Å². The number of unbranched alkanes of at least 4 members (excludes halogenated alkanes) is 4. The summed E-state index contributed by atoms with van der Waals surface area (Å²) in [6.45, 7) is 29.6. The Morgan fingerprint density at radius 1 is 0.430 bits per heavy atom. The summed E-state index contributed by atoms with van der Waals surface area (Å²) in [4.78, 5) is 112. The van der Waals surface area contributed by atoms with Crippen LogP contribution in [0.2, 0.25) is 15.7 Å². The molecule has 8 heterocycles. The predicted molar refractivity (Wildman–Crippen MR) is 488 cm³/mol. The summed E-state index contributed by atoms with van der Waals surface area (Å²) in [7, 11) is 6.48. The first-order valence-electron chi connectivity index (χ1n) is 38.9. The standard InChI is InChI=1S/C24H33N7O3.C15H21ClN6O.C15H23N7O.C9H20N2O.C9H13NO2.C6H2Cl2N4.C2H6.2CH4.ClH/c1-6-7-10-24(3,15-28-16(2)32)31-22-20-21(26-12-11-25-20)29-23(30-22)27-14-17-8-9-18(33-4)13-19(17)34-5;2*1-4-5-6-15(3,9-19-10(2)23)22-13-11-12(18-8-7-17-11)20-14(16)21-13;1-4-5-6-9(3,10)7-11-8(2)12;1-11-8-4-3-7(6-10)9(5-8)12-2;7-4-3-5(10-2-1-9-3)12-6(8)11-4;1-2;;;/h8-9,11-13H,6-7,10,14-15H2,1-5H3,(H,28,32)(H2,26,27,29,30,31);7-8H,4-6,9H2,1-3H3,(H,19,23)(H,18,20,21,22);7-8H,4-6,9H2,1-3H3,(H,19,23)(H3,16,18,20,21,22);4-7,10H2,1-3H3,(H,11,12);3-5H,6,10H2,1-2H3;1-2H;1-2H3;2*1H4;1H/t24-;2*15-;9-;;;;;;/m1111....../s1. The molecule has 4 amide bonds. The van der Waals surface area contributed by atoms with Crippen molar-refractivity contribution in [2.45, 2.75) is 224 Å². The van der Waals surface area contributed by atoms with Crippen molar-refractivity contribution in [3.8, 4) is 23.0 Å². The number of methoxy groups -OCH3 is 4. The molecule has 10 rings (SSSR count). The molecule has 121 heavy (non-hydrogen) atoms. The molecule has 0 radical (unpaired) electrons. The van der Waals surface area contributed by atoms with Crippen LogP contribution in [0.3, 0.4) is 0 Å². The van der Waals surface area contributed by atoms with Crippen molar-refractivity contribution in [1.82, 2.24) is 101 Å². The highest BCUT2D eigenvalue weighted by Crippen LogP contribution is 2.31.